The lowest BCUT2D eigenvalue weighted by atomic mass is 10.0. The van der Waals surface area contributed by atoms with Gasteiger partial charge in [-0.25, -0.2) is 0 Å². The second-order valence-electron chi connectivity index (χ2n) is 3.42. The summed E-state index contributed by atoms with van der Waals surface area (Å²) in [5, 5.41) is 10.5. The maximum atomic E-state index is 12.6. The third-order valence-corrected chi connectivity index (χ3v) is 2.43. The molecule has 106 valence electrons. The van der Waals surface area contributed by atoms with Crippen molar-refractivity contribution < 1.29 is 31.3 Å². The van der Waals surface area contributed by atoms with Gasteiger partial charge >= 0.3 is 12.4 Å². The molecular formula is C9H4ClF6NO2. The van der Waals surface area contributed by atoms with Gasteiger partial charge in [-0.1, -0.05) is 0 Å². The Kier molecular flexibility index (Phi) is 3.99. The van der Waals surface area contributed by atoms with Crippen LogP contribution in [-0.2, 0) is 18.2 Å². The van der Waals surface area contributed by atoms with Gasteiger partial charge in [-0.15, -0.1) is 11.6 Å². The van der Waals surface area contributed by atoms with Crippen LogP contribution in [0.3, 0.4) is 0 Å². The largest absolute Gasteiger partial charge is 0.423 e. The number of halogens is 7. The van der Waals surface area contributed by atoms with E-state index < -0.39 is 45.5 Å². The summed E-state index contributed by atoms with van der Waals surface area (Å²) in [6.07, 6.45) is -10.9. The minimum Gasteiger partial charge on any atom is -0.258 e. The van der Waals surface area contributed by atoms with Gasteiger partial charge in [-0.05, 0) is 11.6 Å². The van der Waals surface area contributed by atoms with Gasteiger partial charge in [0, 0.05) is 11.9 Å². The van der Waals surface area contributed by atoms with E-state index in [1.807, 2.05) is 0 Å². The Morgan fingerprint density at radius 2 is 1.63 bits per heavy atom. The van der Waals surface area contributed by atoms with E-state index >= 15 is 0 Å². The van der Waals surface area contributed by atoms with Gasteiger partial charge in [0.15, 0.2) is 0 Å². The summed E-state index contributed by atoms with van der Waals surface area (Å²) in [5.41, 5.74) is -6.53. The fraction of sp³-hybridized carbons (Fsp3) is 0.333. The molecule has 0 aromatic heterocycles. The first-order valence-electron chi connectivity index (χ1n) is 4.50. The summed E-state index contributed by atoms with van der Waals surface area (Å²) >= 11 is 5.22. The van der Waals surface area contributed by atoms with Crippen molar-refractivity contribution in [3.05, 3.63) is 38.9 Å². The molecule has 0 unspecified atom stereocenters. The second-order valence-corrected chi connectivity index (χ2v) is 3.69. The first kappa shape index (κ1) is 15.5. The van der Waals surface area contributed by atoms with E-state index in [2.05, 4.69) is 0 Å². The molecule has 0 bridgehead atoms. The van der Waals surface area contributed by atoms with Crippen molar-refractivity contribution in [3.63, 3.8) is 0 Å². The van der Waals surface area contributed by atoms with Crippen LogP contribution in [0.15, 0.2) is 12.1 Å². The highest BCUT2D eigenvalue weighted by molar-refractivity contribution is 6.17. The molecule has 0 aliphatic carbocycles. The Bertz CT molecular complexity index is 511. The zero-order chi connectivity index (χ0) is 15.0. The van der Waals surface area contributed by atoms with Crippen LogP contribution < -0.4 is 0 Å². The number of benzene rings is 1. The van der Waals surface area contributed by atoms with Crippen LogP contribution in [0.25, 0.3) is 0 Å². The Morgan fingerprint density at radius 1 is 1.11 bits per heavy atom. The molecule has 10 heteroatoms. The van der Waals surface area contributed by atoms with E-state index in [0.717, 1.165) is 0 Å². The average molecular weight is 308 g/mol. The summed E-state index contributed by atoms with van der Waals surface area (Å²) in [7, 11) is 0. The molecule has 3 nitrogen and oxygen atoms in total. The van der Waals surface area contributed by atoms with Crippen molar-refractivity contribution in [1.82, 2.24) is 0 Å². The van der Waals surface area contributed by atoms with Crippen molar-refractivity contribution in [2.45, 2.75) is 18.2 Å². The van der Waals surface area contributed by atoms with Crippen molar-refractivity contribution in [2.75, 3.05) is 0 Å². The van der Waals surface area contributed by atoms with Gasteiger partial charge in [0.1, 0.15) is 5.56 Å². The second kappa shape index (κ2) is 4.87. The maximum absolute atomic E-state index is 12.6. The molecule has 19 heavy (non-hydrogen) atoms. The summed E-state index contributed by atoms with van der Waals surface area (Å²) in [4.78, 5) is 8.99. The van der Waals surface area contributed by atoms with Crippen LogP contribution >= 0.6 is 11.6 Å². The molecule has 0 saturated carbocycles. The number of nitrogens with zero attached hydrogens (tertiary/aromatic N) is 1. The highest BCUT2D eigenvalue weighted by Gasteiger charge is 2.48. The fourth-order valence-electron chi connectivity index (χ4n) is 1.43. The molecular weight excluding hydrogens is 304 g/mol. The SMILES string of the molecule is O=[N+]([O-])c1cc(CCl)cc(C(F)(F)F)c1C(F)(F)F. The number of hydrogen-bond acceptors (Lipinski definition) is 2. The molecule has 0 heterocycles. The number of nitro benzene ring substituents is 1. The van der Waals surface area contributed by atoms with Crippen LogP contribution in [0, 0.1) is 10.1 Å². The van der Waals surface area contributed by atoms with E-state index in [9.17, 15) is 36.5 Å². The van der Waals surface area contributed by atoms with Crippen LogP contribution in [0.2, 0.25) is 0 Å². The Balaban J connectivity index is 3.77. The first-order valence-corrected chi connectivity index (χ1v) is 5.03. The quantitative estimate of drug-likeness (QED) is 0.352. The van der Waals surface area contributed by atoms with Gasteiger partial charge in [-0.2, -0.15) is 26.3 Å². The van der Waals surface area contributed by atoms with Crippen molar-refractivity contribution in [1.29, 1.82) is 0 Å². The molecule has 0 atom stereocenters. The normalized spacial score (nSPS) is 12.6. The number of hydrogen-bond donors (Lipinski definition) is 0. The third-order valence-electron chi connectivity index (χ3n) is 2.12. The van der Waals surface area contributed by atoms with Gasteiger partial charge in [-0.3, -0.25) is 10.1 Å². The van der Waals surface area contributed by atoms with Crippen LogP contribution in [0.1, 0.15) is 16.7 Å². The standard InChI is InChI=1S/C9H4ClF6NO2/c10-3-4-1-5(8(11,12)13)7(9(14,15)16)6(2-4)17(18)19/h1-2H,3H2. The molecule has 1 aromatic carbocycles. The van der Waals surface area contributed by atoms with Crippen molar-refractivity contribution in [3.8, 4) is 0 Å². The maximum Gasteiger partial charge on any atom is 0.423 e. The highest BCUT2D eigenvalue weighted by Crippen LogP contribution is 2.45. The number of rotatable bonds is 2. The van der Waals surface area contributed by atoms with E-state index in [1.54, 1.807) is 0 Å². The lowest BCUT2D eigenvalue weighted by molar-refractivity contribution is -0.388. The first-order chi connectivity index (χ1) is 8.48. The molecule has 0 spiro atoms. The van der Waals surface area contributed by atoms with Crippen LogP contribution in [0.4, 0.5) is 32.0 Å². The van der Waals surface area contributed by atoms with Crippen LogP contribution in [0.5, 0.6) is 0 Å². The topological polar surface area (TPSA) is 43.1 Å². The fourth-order valence-corrected chi connectivity index (χ4v) is 1.58. The summed E-state index contributed by atoms with van der Waals surface area (Å²) in [6.45, 7) is 0. The van der Waals surface area contributed by atoms with E-state index in [-0.39, 0.29) is 6.07 Å². The molecule has 0 aliphatic heterocycles. The van der Waals surface area contributed by atoms with Crippen molar-refractivity contribution in [2.24, 2.45) is 0 Å². The van der Waals surface area contributed by atoms with E-state index in [4.69, 9.17) is 11.6 Å². The predicted octanol–water partition coefficient (Wildman–Crippen LogP) is 4.37. The summed E-state index contributed by atoms with van der Waals surface area (Å²) < 4.78 is 75.5. The minimum atomic E-state index is -5.50. The zero-order valence-corrected chi connectivity index (χ0v) is 9.53. The predicted molar refractivity (Wildman–Crippen MR) is 52.7 cm³/mol. The zero-order valence-electron chi connectivity index (χ0n) is 8.77. The molecule has 0 N–H and O–H groups in total. The molecule has 0 radical (unpaired) electrons. The summed E-state index contributed by atoms with van der Waals surface area (Å²) in [5.74, 6) is -0.581. The van der Waals surface area contributed by atoms with Gasteiger partial charge in [0.2, 0.25) is 0 Å². The Hall–Kier alpha value is -1.51. The van der Waals surface area contributed by atoms with Crippen molar-refractivity contribution >= 4 is 17.3 Å². The lowest BCUT2D eigenvalue weighted by Gasteiger charge is -2.16. The smallest absolute Gasteiger partial charge is 0.258 e. The Morgan fingerprint density at radius 3 is 1.95 bits per heavy atom. The van der Waals surface area contributed by atoms with Crippen LogP contribution in [-0.4, -0.2) is 4.92 Å². The third kappa shape index (κ3) is 3.28. The van der Waals surface area contributed by atoms with Gasteiger partial charge in [0.25, 0.3) is 5.69 Å². The highest BCUT2D eigenvalue weighted by atomic mass is 35.5. The summed E-state index contributed by atoms with van der Waals surface area (Å²) in [6, 6.07) is 0.536. The van der Waals surface area contributed by atoms with Gasteiger partial charge < -0.3 is 0 Å². The monoisotopic (exact) mass is 307 g/mol. The van der Waals surface area contributed by atoms with E-state index in [0.29, 0.717) is 6.07 Å². The molecule has 0 saturated heterocycles. The number of nitro groups is 1. The van der Waals surface area contributed by atoms with Gasteiger partial charge in [0.05, 0.1) is 10.5 Å². The average Bonchev–Trinajstić information content (AvgIpc) is 2.24. The molecule has 0 amide bonds. The molecule has 0 aliphatic rings. The van der Waals surface area contributed by atoms with E-state index in [1.165, 1.54) is 0 Å². The number of alkyl halides is 7. The lowest BCUT2D eigenvalue weighted by Crippen LogP contribution is -2.19. The molecule has 0 fully saturated rings. The Labute approximate surface area is 106 Å². The molecule has 1 rings (SSSR count). The minimum absolute atomic E-state index is 0.156. The molecule has 1 aromatic rings.